The second-order valence-electron chi connectivity index (χ2n) is 2.80. The lowest BCUT2D eigenvalue weighted by Gasteiger charge is -2.20. The van der Waals surface area contributed by atoms with E-state index in [2.05, 4.69) is 32.6 Å². The fourth-order valence-corrected chi connectivity index (χ4v) is 2.39. The van der Waals surface area contributed by atoms with Crippen molar-refractivity contribution < 1.29 is 4.74 Å². The van der Waals surface area contributed by atoms with E-state index >= 15 is 0 Å². The molecule has 0 aliphatic carbocycles. The summed E-state index contributed by atoms with van der Waals surface area (Å²) in [6.45, 7) is 0.766. The van der Waals surface area contributed by atoms with Gasteiger partial charge >= 0.3 is 0 Å². The Morgan fingerprint density at radius 3 is 3.14 bits per heavy atom. The van der Waals surface area contributed by atoms with E-state index in [9.17, 15) is 0 Å². The molecule has 1 saturated heterocycles. The van der Waals surface area contributed by atoms with Crippen LogP contribution in [0.5, 0.6) is 0 Å². The van der Waals surface area contributed by atoms with Gasteiger partial charge in [0.25, 0.3) is 0 Å². The Labute approximate surface area is 105 Å². The number of hydrogen-bond acceptors (Lipinski definition) is 4. The van der Waals surface area contributed by atoms with Crippen LogP contribution >= 0.6 is 46.0 Å². The maximum absolute atomic E-state index is 5.91. The van der Waals surface area contributed by atoms with Gasteiger partial charge in [-0.2, -0.15) is 11.8 Å². The molecule has 0 bridgehead atoms. The zero-order valence-electron chi connectivity index (χ0n) is 7.24. The summed E-state index contributed by atoms with van der Waals surface area (Å²) >= 11 is 9.88. The third kappa shape index (κ3) is 2.50. The molecule has 1 atom stereocenters. The highest BCUT2D eigenvalue weighted by molar-refractivity contribution is 14.1. The van der Waals surface area contributed by atoms with Crippen molar-refractivity contribution >= 4 is 46.0 Å². The summed E-state index contributed by atoms with van der Waals surface area (Å²) in [5.74, 6) is 2.66. The van der Waals surface area contributed by atoms with E-state index in [4.69, 9.17) is 16.3 Å². The van der Waals surface area contributed by atoms with Crippen molar-refractivity contribution in [3.05, 3.63) is 20.7 Å². The first-order chi connectivity index (χ1) is 6.77. The monoisotopic (exact) mass is 342 g/mol. The summed E-state index contributed by atoms with van der Waals surface area (Å²) in [4.78, 5) is 8.43. The van der Waals surface area contributed by atoms with Crippen molar-refractivity contribution in [2.45, 2.75) is 6.10 Å². The van der Waals surface area contributed by atoms with Gasteiger partial charge in [0.05, 0.1) is 10.2 Å². The summed E-state index contributed by atoms with van der Waals surface area (Å²) in [7, 11) is 0. The largest absolute Gasteiger partial charge is 0.368 e. The first-order valence-electron chi connectivity index (χ1n) is 4.14. The van der Waals surface area contributed by atoms with Crippen LogP contribution in [0.25, 0.3) is 0 Å². The van der Waals surface area contributed by atoms with Crippen LogP contribution in [-0.2, 0) is 4.74 Å². The van der Waals surface area contributed by atoms with Crippen LogP contribution in [0.2, 0.25) is 5.15 Å². The molecule has 3 nitrogen and oxygen atoms in total. The lowest BCUT2D eigenvalue weighted by Crippen LogP contribution is -2.18. The highest BCUT2D eigenvalue weighted by Gasteiger charge is 2.19. The number of ether oxygens (including phenoxy) is 1. The van der Waals surface area contributed by atoms with Crippen LogP contribution in [0.4, 0.5) is 0 Å². The van der Waals surface area contributed by atoms with Crippen molar-refractivity contribution in [2.75, 3.05) is 18.1 Å². The Hall–Kier alpha value is 0.410. The second kappa shape index (κ2) is 4.96. The van der Waals surface area contributed by atoms with Crippen LogP contribution in [0.3, 0.4) is 0 Å². The van der Waals surface area contributed by atoms with Crippen LogP contribution in [0.1, 0.15) is 11.9 Å². The first-order valence-corrected chi connectivity index (χ1v) is 6.76. The normalized spacial score (nSPS) is 22.3. The first kappa shape index (κ1) is 10.9. The Morgan fingerprint density at radius 1 is 1.64 bits per heavy atom. The molecule has 1 unspecified atom stereocenters. The van der Waals surface area contributed by atoms with E-state index in [1.807, 2.05) is 11.8 Å². The summed E-state index contributed by atoms with van der Waals surface area (Å²) in [6, 6.07) is 0. The van der Waals surface area contributed by atoms with Crippen molar-refractivity contribution in [1.29, 1.82) is 0 Å². The number of hydrogen-bond donors (Lipinski definition) is 0. The van der Waals surface area contributed by atoms with E-state index in [1.54, 1.807) is 6.20 Å². The minimum absolute atomic E-state index is 0.00301. The van der Waals surface area contributed by atoms with Crippen molar-refractivity contribution in [2.24, 2.45) is 0 Å². The third-order valence-electron chi connectivity index (χ3n) is 1.82. The number of aromatic nitrogens is 2. The van der Waals surface area contributed by atoms with E-state index in [-0.39, 0.29) is 6.10 Å². The zero-order chi connectivity index (χ0) is 9.97. The minimum atomic E-state index is 0.00301. The second-order valence-corrected chi connectivity index (χ2v) is 5.47. The SMILES string of the molecule is Clc1nc(C2CSCCO2)ncc1I. The lowest BCUT2D eigenvalue weighted by atomic mass is 10.3. The highest BCUT2D eigenvalue weighted by atomic mass is 127. The standard InChI is InChI=1S/C8H8ClIN2OS/c9-7-5(10)3-11-8(12-7)6-4-14-2-1-13-6/h3,6H,1-2,4H2. The zero-order valence-corrected chi connectivity index (χ0v) is 11.0. The summed E-state index contributed by atoms with van der Waals surface area (Å²) in [5, 5.41) is 0.509. The topological polar surface area (TPSA) is 35.0 Å². The maximum Gasteiger partial charge on any atom is 0.159 e. The molecule has 1 aliphatic heterocycles. The third-order valence-corrected chi connectivity index (χ3v) is 4.21. The molecule has 2 heterocycles. The summed E-state index contributed by atoms with van der Waals surface area (Å²) in [5.41, 5.74) is 0. The number of rotatable bonds is 1. The molecule has 1 aliphatic rings. The molecule has 2 rings (SSSR count). The molecule has 0 saturated carbocycles. The summed E-state index contributed by atoms with van der Waals surface area (Å²) < 4.78 is 6.42. The smallest absolute Gasteiger partial charge is 0.159 e. The van der Waals surface area contributed by atoms with E-state index in [1.165, 1.54) is 0 Å². The van der Waals surface area contributed by atoms with Gasteiger partial charge in [-0.25, -0.2) is 9.97 Å². The van der Waals surface area contributed by atoms with Gasteiger partial charge in [0.15, 0.2) is 5.82 Å². The van der Waals surface area contributed by atoms with Crippen molar-refractivity contribution in [3.8, 4) is 0 Å². The molecule has 1 aromatic rings. The van der Waals surface area contributed by atoms with Gasteiger partial charge < -0.3 is 4.74 Å². The van der Waals surface area contributed by atoms with Gasteiger partial charge in [-0.15, -0.1) is 0 Å². The molecule has 0 amide bonds. The van der Waals surface area contributed by atoms with Crippen molar-refractivity contribution in [3.63, 3.8) is 0 Å². The summed E-state index contributed by atoms with van der Waals surface area (Å²) in [6.07, 6.45) is 1.73. The number of thioether (sulfide) groups is 1. The number of nitrogens with zero attached hydrogens (tertiary/aromatic N) is 2. The van der Waals surface area contributed by atoms with Gasteiger partial charge in [-0.05, 0) is 22.6 Å². The van der Waals surface area contributed by atoms with Gasteiger partial charge in [0.1, 0.15) is 11.3 Å². The molecule has 6 heteroatoms. The Kier molecular flexibility index (Phi) is 3.86. The van der Waals surface area contributed by atoms with E-state index in [0.29, 0.717) is 11.0 Å². The molecule has 0 spiro atoms. The highest BCUT2D eigenvalue weighted by Crippen LogP contribution is 2.25. The van der Waals surface area contributed by atoms with Crippen LogP contribution in [-0.4, -0.2) is 28.1 Å². The van der Waals surface area contributed by atoms with Gasteiger partial charge in [0, 0.05) is 17.7 Å². The molecule has 1 fully saturated rings. The van der Waals surface area contributed by atoms with Gasteiger partial charge in [-0.3, -0.25) is 0 Å². The Balaban J connectivity index is 2.18. The van der Waals surface area contributed by atoms with Crippen molar-refractivity contribution in [1.82, 2.24) is 9.97 Å². The average molecular weight is 343 g/mol. The Bertz CT molecular complexity index is 333. The quantitative estimate of drug-likeness (QED) is 0.580. The van der Waals surface area contributed by atoms with Gasteiger partial charge in [0.2, 0.25) is 0 Å². The molecular formula is C8H8ClIN2OS. The van der Waals surface area contributed by atoms with E-state index in [0.717, 1.165) is 21.7 Å². The average Bonchev–Trinajstić information content (AvgIpc) is 2.23. The Morgan fingerprint density at radius 2 is 2.50 bits per heavy atom. The predicted octanol–water partition coefficient (Wildman–Crippen LogP) is 2.54. The molecule has 0 aromatic carbocycles. The molecule has 14 heavy (non-hydrogen) atoms. The lowest BCUT2D eigenvalue weighted by molar-refractivity contribution is 0.0694. The molecular weight excluding hydrogens is 335 g/mol. The molecule has 0 radical (unpaired) electrons. The van der Waals surface area contributed by atoms with Crippen LogP contribution in [0.15, 0.2) is 6.20 Å². The van der Waals surface area contributed by atoms with Gasteiger partial charge in [-0.1, -0.05) is 11.6 Å². The minimum Gasteiger partial charge on any atom is -0.368 e. The maximum atomic E-state index is 5.91. The fourth-order valence-electron chi connectivity index (χ4n) is 1.15. The van der Waals surface area contributed by atoms with Crippen LogP contribution in [0, 0.1) is 3.57 Å². The van der Waals surface area contributed by atoms with E-state index < -0.39 is 0 Å². The number of halogens is 2. The molecule has 76 valence electrons. The van der Waals surface area contributed by atoms with Crippen LogP contribution < -0.4 is 0 Å². The molecule has 0 N–H and O–H groups in total. The molecule has 1 aromatic heterocycles. The predicted molar refractivity (Wildman–Crippen MR) is 65.8 cm³/mol. The fraction of sp³-hybridized carbons (Fsp3) is 0.500.